The van der Waals surface area contributed by atoms with E-state index in [4.69, 9.17) is 4.74 Å². The van der Waals surface area contributed by atoms with Gasteiger partial charge in [0.1, 0.15) is 0 Å². The molecule has 0 spiro atoms. The van der Waals surface area contributed by atoms with E-state index in [2.05, 4.69) is 6.92 Å². The Morgan fingerprint density at radius 2 is 1.95 bits per heavy atom. The molecule has 0 saturated carbocycles. The molecule has 0 bridgehead atoms. The van der Waals surface area contributed by atoms with Crippen LogP contribution < -0.4 is 0 Å². The van der Waals surface area contributed by atoms with Gasteiger partial charge in [-0.15, -0.1) is 0 Å². The fourth-order valence-corrected chi connectivity index (χ4v) is 3.77. The van der Waals surface area contributed by atoms with Crippen molar-refractivity contribution in [3.8, 4) is 0 Å². The van der Waals surface area contributed by atoms with Crippen LogP contribution in [0.25, 0.3) is 0 Å². The van der Waals surface area contributed by atoms with E-state index in [1.54, 1.807) is 18.2 Å². The lowest BCUT2D eigenvalue weighted by molar-refractivity contribution is -0.124. The molecule has 1 amide bonds. The molecule has 0 radical (unpaired) electrons. The first kappa shape index (κ1) is 16.0. The second kappa shape index (κ2) is 7.04. The molecule has 21 heavy (non-hydrogen) atoms. The summed E-state index contributed by atoms with van der Waals surface area (Å²) in [5.74, 6) is -0.389. The van der Waals surface area contributed by atoms with Crippen molar-refractivity contribution in [3.05, 3.63) is 30.3 Å². The third kappa shape index (κ3) is 3.83. The van der Waals surface area contributed by atoms with Crippen LogP contribution in [-0.4, -0.2) is 37.9 Å². The quantitative estimate of drug-likeness (QED) is 0.724. The highest BCUT2D eigenvalue weighted by molar-refractivity contribution is 7.89. The molecule has 5 nitrogen and oxygen atoms in total. The van der Waals surface area contributed by atoms with Crippen molar-refractivity contribution < 1.29 is 17.9 Å². The van der Waals surface area contributed by atoms with E-state index in [9.17, 15) is 13.2 Å². The zero-order valence-electron chi connectivity index (χ0n) is 12.2. The van der Waals surface area contributed by atoms with E-state index in [1.807, 2.05) is 0 Å². The van der Waals surface area contributed by atoms with Crippen LogP contribution in [0.2, 0.25) is 0 Å². The zero-order valence-corrected chi connectivity index (χ0v) is 13.0. The second-order valence-electron chi connectivity index (χ2n) is 5.15. The number of unbranched alkanes of at least 4 members (excludes halogenated alkanes) is 2. The molecule has 6 heteroatoms. The van der Waals surface area contributed by atoms with Crippen LogP contribution in [0.15, 0.2) is 35.2 Å². The highest BCUT2D eigenvalue weighted by atomic mass is 32.2. The largest absolute Gasteiger partial charge is 0.376 e. The molecule has 0 N–H and O–H groups in total. The Labute approximate surface area is 126 Å². The lowest BCUT2D eigenvalue weighted by atomic mass is 10.2. The monoisotopic (exact) mass is 311 g/mol. The van der Waals surface area contributed by atoms with Gasteiger partial charge < -0.3 is 4.74 Å². The van der Waals surface area contributed by atoms with Gasteiger partial charge in [-0.25, -0.2) is 12.7 Å². The molecule has 1 aromatic rings. The molecule has 1 saturated heterocycles. The summed E-state index contributed by atoms with van der Waals surface area (Å²) in [5.41, 5.74) is 0. The second-order valence-corrected chi connectivity index (χ2v) is 7.01. The molecule has 1 fully saturated rings. The van der Waals surface area contributed by atoms with Gasteiger partial charge in [0.25, 0.3) is 10.0 Å². The standard InChI is InChI=1S/C15H21NO4S/c1-2-3-7-10-20-13-11-15(17)16(12-13)21(18,19)14-8-5-4-6-9-14/h4-6,8-9,13H,2-3,7,10-12H2,1H3. The third-order valence-corrected chi connectivity index (χ3v) is 5.28. The summed E-state index contributed by atoms with van der Waals surface area (Å²) in [4.78, 5) is 12.1. The van der Waals surface area contributed by atoms with E-state index in [-0.39, 0.29) is 29.9 Å². The lowest BCUT2D eigenvalue weighted by Crippen LogP contribution is -2.33. The minimum absolute atomic E-state index is 0.113. The molecule has 116 valence electrons. The van der Waals surface area contributed by atoms with Crippen molar-refractivity contribution in [2.75, 3.05) is 13.2 Å². The van der Waals surface area contributed by atoms with Crippen LogP contribution in [0.1, 0.15) is 32.6 Å². The first-order valence-electron chi connectivity index (χ1n) is 7.28. The molecular formula is C15H21NO4S. The normalized spacial score (nSPS) is 19.2. The average molecular weight is 311 g/mol. The third-order valence-electron chi connectivity index (χ3n) is 3.48. The molecule has 1 heterocycles. The van der Waals surface area contributed by atoms with Crippen molar-refractivity contribution in [2.24, 2.45) is 0 Å². The summed E-state index contributed by atoms with van der Waals surface area (Å²) >= 11 is 0. The van der Waals surface area contributed by atoms with Gasteiger partial charge in [0, 0.05) is 6.61 Å². The maximum Gasteiger partial charge on any atom is 0.266 e. The minimum Gasteiger partial charge on any atom is -0.376 e. The summed E-state index contributed by atoms with van der Waals surface area (Å²) in [6.45, 7) is 2.79. The fraction of sp³-hybridized carbons (Fsp3) is 0.533. The van der Waals surface area contributed by atoms with Gasteiger partial charge in [0.2, 0.25) is 5.91 Å². The number of benzene rings is 1. The fourth-order valence-electron chi connectivity index (χ4n) is 2.31. The van der Waals surface area contributed by atoms with Crippen LogP contribution in [0.3, 0.4) is 0 Å². The van der Waals surface area contributed by atoms with Crippen molar-refractivity contribution in [1.82, 2.24) is 4.31 Å². The van der Waals surface area contributed by atoms with E-state index >= 15 is 0 Å². The van der Waals surface area contributed by atoms with Gasteiger partial charge in [0.15, 0.2) is 0 Å². The van der Waals surface area contributed by atoms with E-state index in [1.165, 1.54) is 12.1 Å². The minimum atomic E-state index is -3.75. The summed E-state index contributed by atoms with van der Waals surface area (Å²) in [6, 6.07) is 8.03. The van der Waals surface area contributed by atoms with Crippen LogP contribution in [-0.2, 0) is 19.6 Å². The number of rotatable bonds is 7. The summed E-state index contributed by atoms with van der Waals surface area (Å²) in [5, 5.41) is 0. The molecular weight excluding hydrogens is 290 g/mol. The number of carbonyl (C=O) groups is 1. The van der Waals surface area contributed by atoms with E-state index < -0.39 is 10.0 Å². The smallest absolute Gasteiger partial charge is 0.266 e. The molecule has 2 rings (SSSR count). The molecule has 1 aliphatic rings. The Morgan fingerprint density at radius 3 is 2.62 bits per heavy atom. The Hall–Kier alpha value is -1.40. The van der Waals surface area contributed by atoms with E-state index in [0.29, 0.717) is 6.61 Å². The molecule has 0 aliphatic carbocycles. The number of nitrogens with zero attached hydrogens (tertiary/aromatic N) is 1. The van der Waals surface area contributed by atoms with E-state index in [0.717, 1.165) is 23.6 Å². The number of hydrogen-bond donors (Lipinski definition) is 0. The molecule has 0 aromatic heterocycles. The van der Waals surface area contributed by atoms with Crippen LogP contribution in [0.5, 0.6) is 0 Å². The van der Waals surface area contributed by atoms with Gasteiger partial charge in [-0.05, 0) is 18.6 Å². The number of carbonyl (C=O) groups excluding carboxylic acids is 1. The topological polar surface area (TPSA) is 63.7 Å². The number of amides is 1. The van der Waals surface area contributed by atoms with Crippen molar-refractivity contribution in [1.29, 1.82) is 0 Å². The maximum atomic E-state index is 12.4. The summed E-state index contributed by atoms with van der Waals surface area (Å²) < 4.78 is 31.4. The predicted molar refractivity (Wildman–Crippen MR) is 79.2 cm³/mol. The van der Waals surface area contributed by atoms with Crippen molar-refractivity contribution >= 4 is 15.9 Å². The maximum absolute atomic E-state index is 12.4. The Kier molecular flexibility index (Phi) is 5.36. The predicted octanol–water partition coefficient (Wildman–Crippen LogP) is 2.18. The van der Waals surface area contributed by atoms with Crippen LogP contribution in [0, 0.1) is 0 Å². The number of ether oxygens (including phenoxy) is 1. The first-order valence-corrected chi connectivity index (χ1v) is 8.72. The highest BCUT2D eigenvalue weighted by Crippen LogP contribution is 2.23. The zero-order chi connectivity index (χ0) is 15.3. The molecule has 1 aliphatic heterocycles. The molecule has 1 aromatic carbocycles. The lowest BCUT2D eigenvalue weighted by Gasteiger charge is -2.17. The highest BCUT2D eigenvalue weighted by Gasteiger charge is 2.38. The molecule has 1 unspecified atom stereocenters. The summed E-state index contributed by atoms with van der Waals surface area (Å²) in [7, 11) is -3.75. The Balaban J connectivity index is 2.00. The van der Waals surface area contributed by atoms with Gasteiger partial charge in [-0.2, -0.15) is 0 Å². The van der Waals surface area contributed by atoms with Gasteiger partial charge in [0.05, 0.1) is 24.0 Å². The Bertz CT molecular complexity index is 571. The Morgan fingerprint density at radius 1 is 1.24 bits per heavy atom. The van der Waals surface area contributed by atoms with Crippen LogP contribution in [0.4, 0.5) is 0 Å². The van der Waals surface area contributed by atoms with Gasteiger partial charge >= 0.3 is 0 Å². The SMILES string of the molecule is CCCCCOC1CC(=O)N(S(=O)(=O)c2ccccc2)C1. The van der Waals surface area contributed by atoms with Gasteiger partial charge in [-0.1, -0.05) is 38.0 Å². The molecule has 1 atom stereocenters. The van der Waals surface area contributed by atoms with Crippen molar-refractivity contribution in [2.45, 2.75) is 43.6 Å². The first-order chi connectivity index (χ1) is 10.1. The van der Waals surface area contributed by atoms with Crippen molar-refractivity contribution in [3.63, 3.8) is 0 Å². The number of hydrogen-bond acceptors (Lipinski definition) is 4. The average Bonchev–Trinajstić information content (AvgIpc) is 2.86. The number of sulfonamides is 1. The van der Waals surface area contributed by atoms with Gasteiger partial charge in [-0.3, -0.25) is 4.79 Å². The van der Waals surface area contributed by atoms with Crippen LogP contribution >= 0.6 is 0 Å². The summed E-state index contributed by atoms with van der Waals surface area (Å²) in [6.07, 6.45) is 2.92.